The van der Waals surface area contributed by atoms with Crippen LogP contribution in [0.5, 0.6) is 0 Å². The third-order valence-electron chi connectivity index (χ3n) is 2.31. The zero-order valence-corrected chi connectivity index (χ0v) is 11.0. The minimum Gasteiger partial charge on any atom is -0.271 e. The highest BCUT2D eigenvalue weighted by molar-refractivity contribution is 9.10. The number of aryl methyl sites for hydroxylation is 1. The summed E-state index contributed by atoms with van der Waals surface area (Å²) in [6.45, 7) is 2.16. The third kappa shape index (κ3) is 3.28. The summed E-state index contributed by atoms with van der Waals surface area (Å²) >= 11 is 9.64. The Morgan fingerprint density at radius 1 is 1.57 bits per heavy atom. The Labute approximate surface area is 98.8 Å². The summed E-state index contributed by atoms with van der Waals surface area (Å²) < 4.78 is 2.99. The lowest BCUT2D eigenvalue weighted by atomic mass is 10.1. The molecule has 0 bridgehead atoms. The van der Waals surface area contributed by atoms with Gasteiger partial charge in [0.1, 0.15) is 0 Å². The smallest absolute Gasteiger partial charge is 0.0635 e. The zero-order valence-electron chi connectivity index (χ0n) is 8.63. The van der Waals surface area contributed by atoms with Crippen LogP contribution in [0.25, 0.3) is 0 Å². The van der Waals surface area contributed by atoms with Crippen molar-refractivity contribution in [2.45, 2.75) is 38.0 Å². The Morgan fingerprint density at radius 3 is 2.79 bits per heavy atom. The van der Waals surface area contributed by atoms with Crippen molar-refractivity contribution in [3.8, 4) is 0 Å². The Balaban J connectivity index is 2.45. The van der Waals surface area contributed by atoms with E-state index in [1.807, 2.05) is 17.9 Å². The van der Waals surface area contributed by atoms with Gasteiger partial charge in [0, 0.05) is 12.4 Å². The van der Waals surface area contributed by atoms with Crippen molar-refractivity contribution in [2.24, 2.45) is 7.05 Å². The van der Waals surface area contributed by atoms with Gasteiger partial charge in [0.15, 0.2) is 0 Å². The first kappa shape index (κ1) is 12.1. The van der Waals surface area contributed by atoms with Crippen molar-refractivity contribution < 1.29 is 0 Å². The van der Waals surface area contributed by atoms with Crippen molar-refractivity contribution in [3.05, 3.63) is 16.4 Å². The molecule has 0 radical (unpaired) electrons. The van der Waals surface area contributed by atoms with E-state index in [9.17, 15) is 0 Å². The van der Waals surface area contributed by atoms with E-state index in [-0.39, 0.29) is 0 Å². The highest BCUT2D eigenvalue weighted by Gasteiger charge is 2.09. The highest BCUT2D eigenvalue weighted by atomic mass is 79.9. The average molecular weight is 280 g/mol. The van der Waals surface area contributed by atoms with E-state index in [0.717, 1.165) is 30.2 Å². The van der Waals surface area contributed by atoms with E-state index in [2.05, 4.69) is 28.0 Å². The molecule has 14 heavy (non-hydrogen) atoms. The van der Waals surface area contributed by atoms with Gasteiger partial charge < -0.3 is 0 Å². The molecule has 1 atom stereocenters. The lowest BCUT2D eigenvalue weighted by Crippen LogP contribution is -2.04. The molecule has 4 heteroatoms. The fourth-order valence-electron chi connectivity index (χ4n) is 1.47. The zero-order chi connectivity index (χ0) is 10.6. The van der Waals surface area contributed by atoms with Gasteiger partial charge in [-0.3, -0.25) is 4.68 Å². The fourth-order valence-corrected chi connectivity index (χ4v) is 2.34. The Hall–Kier alpha value is -0.0200. The molecule has 1 rings (SSSR count). The summed E-state index contributed by atoms with van der Waals surface area (Å²) in [5, 5.41) is 4.46. The van der Waals surface area contributed by atoms with Crippen molar-refractivity contribution in [3.63, 3.8) is 0 Å². The summed E-state index contributed by atoms with van der Waals surface area (Å²) in [5.74, 6) is 0. The second-order valence-corrected chi connectivity index (χ2v) is 4.96. The summed E-state index contributed by atoms with van der Waals surface area (Å²) in [5.41, 5.74) is 1.23. The molecule has 0 aliphatic carbocycles. The van der Waals surface area contributed by atoms with Crippen LogP contribution in [0.4, 0.5) is 0 Å². The molecule has 80 valence electrons. The number of halogens is 2. The summed E-state index contributed by atoms with van der Waals surface area (Å²) in [6, 6.07) is 0. The largest absolute Gasteiger partial charge is 0.271 e. The molecule has 2 nitrogen and oxygen atoms in total. The molecular formula is C10H16BrClN2. The molecule has 0 amide bonds. The van der Waals surface area contributed by atoms with E-state index in [0.29, 0.717) is 5.38 Å². The predicted octanol–water partition coefficient (Wildman–Crippen LogP) is 3.52. The van der Waals surface area contributed by atoms with Gasteiger partial charge in [-0.05, 0) is 35.2 Å². The maximum Gasteiger partial charge on any atom is 0.0635 e. The average Bonchev–Trinajstić information content (AvgIpc) is 2.44. The van der Waals surface area contributed by atoms with Gasteiger partial charge >= 0.3 is 0 Å². The summed E-state index contributed by atoms with van der Waals surface area (Å²) in [7, 11) is 1.96. The van der Waals surface area contributed by atoms with Gasteiger partial charge in [0.2, 0.25) is 0 Å². The van der Waals surface area contributed by atoms with Crippen LogP contribution in [0.2, 0.25) is 0 Å². The van der Waals surface area contributed by atoms with Gasteiger partial charge in [-0.1, -0.05) is 13.3 Å². The molecule has 1 aromatic heterocycles. The van der Waals surface area contributed by atoms with Crippen LogP contribution in [0, 0.1) is 0 Å². The Bertz CT molecular complexity index is 266. The van der Waals surface area contributed by atoms with Crippen molar-refractivity contribution in [1.82, 2.24) is 9.78 Å². The van der Waals surface area contributed by atoms with Crippen molar-refractivity contribution in [2.75, 3.05) is 0 Å². The predicted molar refractivity (Wildman–Crippen MR) is 63.8 cm³/mol. The topological polar surface area (TPSA) is 17.8 Å². The van der Waals surface area contributed by atoms with E-state index < -0.39 is 0 Å². The molecular weight excluding hydrogens is 263 g/mol. The first-order chi connectivity index (χ1) is 6.65. The number of alkyl halides is 1. The Kier molecular flexibility index (Phi) is 4.96. The van der Waals surface area contributed by atoms with Gasteiger partial charge in [0.25, 0.3) is 0 Å². The molecule has 0 aromatic carbocycles. The van der Waals surface area contributed by atoms with Crippen LogP contribution in [-0.2, 0) is 13.5 Å². The number of nitrogens with zero attached hydrogens (tertiary/aromatic N) is 2. The van der Waals surface area contributed by atoms with Crippen molar-refractivity contribution in [1.29, 1.82) is 0 Å². The minimum atomic E-state index is 0.293. The number of hydrogen-bond acceptors (Lipinski definition) is 1. The highest BCUT2D eigenvalue weighted by Crippen LogP contribution is 2.19. The maximum atomic E-state index is 6.16. The molecule has 0 N–H and O–H groups in total. The lowest BCUT2D eigenvalue weighted by molar-refractivity contribution is 0.635. The van der Waals surface area contributed by atoms with E-state index in [1.165, 1.54) is 5.69 Å². The second-order valence-electron chi connectivity index (χ2n) is 3.49. The summed E-state index contributed by atoms with van der Waals surface area (Å²) in [6.07, 6.45) is 6.09. The van der Waals surface area contributed by atoms with Crippen molar-refractivity contribution >= 4 is 27.5 Å². The number of hydrogen-bond donors (Lipinski definition) is 0. The van der Waals surface area contributed by atoms with E-state index >= 15 is 0 Å². The SMILES string of the molecule is CCCC(Cl)CCc1c(Br)cnn1C. The fraction of sp³-hybridized carbons (Fsp3) is 0.700. The van der Waals surface area contributed by atoms with Gasteiger partial charge in [-0.15, -0.1) is 11.6 Å². The molecule has 0 spiro atoms. The molecule has 1 aromatic rings. The van der Waals surface area contributed by atoms with Gasteiger partial charge in [0.05, 0.1) is 16.4 Å². The first-order valence-electron chi connectivity index (χ1n) is 4.95. The molecule has 1 unspecified atom stereocenters. The van der Waals surface area contributed by atoms with Gasteiger partial charge in [-0.2, -0.15) is 5.10 Å². The molecule has 0 aliphatic rings. The van der Waals surface area contributed by atoms with Crippen LogP contribution < -0.4 is 0 Å². The molecule has 0 fully saturated rings. The summed E-state index contributed by atoms with van der Waals surface area (Å²) in [4.78, 5) is 0. The normalized spacial score (nSPS) is 13.1. The van der Waals surface area contributed by atoms with Crippen LogP contribution in [0.1, 0.15) is 31.9 Å². The molecule has 0 saturated carbocycles. The number of aromatic nitrogens is 2. The second kappa shape index (κ2) is 5.76. The molecule has 0 aliphatic heterocycles. The number of rotatable bonds is 5. The van der Waals surface area contributed by atoms with E-state index in [4.69, 9.17) is 11.6 Å². The van der Waals surface area contributed by atoms with Crippen LogP contribution in [0.15, 0.2) is 10.7 Å². The monoisotopic (exact) mass is 278 g/mol. The molecule has 1 heterocycles. The van der Waals surface area contributed by atoms with Gasteiger partial charge in [-0.25, -0.2) is 0 Å². The first-order valence-corrected chi connectivity index (χ1v) is 6.18. The van der Waals surface area contributed by atoms with E-state index in [1.54, 1.807) is 0 Å². The lowest BCUT2D eigenvalue weighted by Gasteiger charge is -2.08. The quantitative estimate of drug-likeness (QED) is 0.754. The Morgan fingerprint density at radius 2 is 2.29 bits per heavy atom. The van der Waals surface area contributed by atoms with Crippen LogP contribution in [0.3, 0.4) is 0 Å². The molecule has 0 saturated heterocycles. The van der Waals surface area contributed by atoms with Crippen LogP contribution >= 0.6 is 27.5 Å². The van der Waals surface area contributed by atoms with Crippen LogP contribution in [-0.4, -0.2) is 15.2 Å². The maximum absolute atomic E-state index is 6.16. The minimum absolute atomic E-state index is 0.293. The third-order valence-corrected chi connectivity index (χ3v) is 3.41. The standard InChI is InChI=1S/C10H16BrClN2/c1-3-4-8(12)5-6-10-9(11)7-13-14(10)2/h7-8H,3-6H2,1-2H3.